The topological polar surface area (TPSA) is 34.1 Å². The molecule has 1 aromatic heterocycles. The van der Waals surface area contributed by atoms with E-state index >= 15 is 0 Å². The molecule has 0 atom stereocenters. The average Bonchev–Trinajstić information content (AvgIpc) is 2.34. The van der Waals surface area contributed by atoms with Crippen molar-refractivity contribution in [3.63, 3.8) is 0 Å². The summed E-state index contributed by atoms with van der Waals surface area (Å²) in [4.78, 5) is 4.52. The van der Waals surface area contributed by atoms with E-state index in [-0.39, 0.29) is 0 Å². The molecule has 0 saturated carbocycles. The van der Waals surface area contributed by atoms with Crippen molar-refractivity contribution in [2.24, 2.45) is 0 Å². The van der Waals surface area contributed by atoms with Crippen molar-refractivity contribution in [3.8, 4) is 5.88 Å². The number of hydrogen-bond acceptors (Lipinski definition) is 3. The van der Waals surface area contributed by atoms with Crippen LogP contribution in [0.2, 0.25) is 0 Å². The first-order valence-electron chi connectivity index (χ1n) is 6.63. The molecule has 0 fully saturated rings. The first-order valence-corrected chi connectivity index (χ1v) is 6.63. The lowest BCUT2D eigenvalue weighted by molar-refractivity contribution is 0.304. The Kier molecular flexibility index (Phi) is 6.63. The molecule has 0 radical (unpaired) electrons. The molecule has 3 nitrogen and oxygen atoms in total. The Hall–Kier alpha value is -1.09. The third-order valence-corrected chi connectivity index (χ3v) is 2.45. The van der Waals surface area contributed by atoms with Crippen molar-refractivity contribution >= 4 is 0 Å². The second kappa shape index (κ2) is 8.07. The molecule has 96 valence electrons. The summed E-state index contributed by atoms with van der Waals surface area (Å²) in [5, 5.41) is 3.33. The van der Waals surface area contributed by atoms with Crippen LogP contribution >= 0.6 is 0 Å². The van der Waals surface area contributed by atoms with Gasteiger partial charge in [0.25, 0.3) is 0 Å². The molecule has 17 heavy (non-hydrogen) atoms. The molecule has 0 unspecified atom stereocenters. The molecular formula is C14H24N2O. The zero-order valence-corrected chi connectivity index (χ0v) is 11.3. The molecule has 1 rings (SSSR count). The van der Waals surface area contributed by atoms with Gasteiger partial charge in [0, 0.05) is 18.3 Å². The van der Waals surface area contributed by atoms with Crippen LogP contribution in [-0.4, -0.2) is 18.1 Å². The van der Waals surface area contributed by atoms with E-state index in [1.807, 2.05) is 6.07 Å². The maximum Gasteiger partial charge on any atom is 0.213 e. The Bertz CT molecular complexity index is 300. The van der Waals surface area contributed by atoms with Gasteiger partial charge in [-0.05, 0) is 31.0 Å². The fraction of sp³-hybridized carbons (Fsp3) is 0.643. The zero-order chi connectivity index (χ0) is 12.5. The molecule has 0 aliphatic heterocycles. The molecule has 0 saturated heterocycles. The van der Waals surface area contributed by atoms with E-state index in [1.54, 1.807) is 0 Å². The molecule has 0 aliphatic rings. The molecule has 0 amide bonds. The smallest absolute Gasteiger partial charge is 0.213 e. The largest absolute Gasteiger partial charge is 0.478 e. The number of hydrogen-bond donors (Lipinski definition) is 1. The number of nitrogens with zero attached hydrogens (tertiary/aromatic N) is 1. The Morgan fingerprint density at radius 3 is 2.65 bits per heavy atom. The molecule has 0 bridgehead atoms. The average molecular weight is 236 g/mol. The Labute approximate surface area is 105 Å². The quantitative estimate of drug-likeness (QED) is 0.753. The van der Waals surface area contributed by atoms with Crippen molar-refractivity contribution in [2.45, 2.75) is 46.6 Å². The van der Waals surface area contributed by atoms with Crippen LogP contribution in [-0.2, 0) is 13.0 Å². The lowest BCUT2D eigenvalue weighted by Crippen LogP contribution is -2.12. The number of nitrogens with one attached hydrogen (secondary N) is 1. The number of pyridine rings is 1. The van der Waals surface area contributed by atoms with Gasteiger partial charge in [0.2, 0.25) is 5.88 Å². The summed E-state index contributed by atoms with van der Waals surface area (Å²) in [6.45, 7) is 9.00. The highest BCUT2D eigenvalue weighted by atomic mass is 16.5. The Morgan fingerprint density at radius 2 is 2.00 bits per heavy atom. The van der Waals surface area contributed by atoms with Gasteiger partial charge in [-0.1, -0.05) is 27.2 Å². The summed E-state index contributed by atoms with van der Waals surface area (Å²) >= 11 is 0. The third kappa shape index (κ3) is 5.18. The minimum Gasteiger partial charge on any atom is -0.478 e. The molecule has 3 heteroatoms. The van der Waals surface area contributed by atoms with Crippen LogP contribution < -0.4 is 10.1 Å². The summed E-state index contributed by atoms with van der Waals surface area (Å²) in [5.41, 5.74) is 2.39. The van der Waals surface area contributed by atoms with Crippen molar-refractivity contribution in [2.75, 3.05) is 13.2 Å². The molecule has 0 aromatic carbocycles. The SMILES string of the molecule is CCCOc1cc(CNCC)cc(CCC)n1. The van der Waals surface area contributed by atoms with Gasteiger partial charge < -0.3 is 10.1 Å². The van der Waals surface area contributed by atoms with Crippen LogP contribution in [0.4, 0.5) is 0 Å². The van der Waals surface area contributed by atoms with E-state index in [9.17, 15) is 0 Å². The summed E-state index contributed by atoms with van der Waals surface area (Å²) in [6, 6.07) is 4.21. The van der Waals surface area contributed by atoms with Crippen molar-refractivity contribution in [1.82, 2.24) is 10.3 Å². The van der Waals surface area contributed by atoms with Crippen LogP contribution in [0.1, 0.15) is 44.9 Å². The predicted molar refractivity (Wildman–Crippen MR) is 71.4 cm³/mol. The lowest BCUT2D eigenvalue weighted by Gasteiger charge is -2.09. The van der Waals surface area contributed by atoms with E-state index in [1.165, 1.54) is 5.56 Å². The lowest BCUT2D eigenvalue weighted by atomic mass is 10.1. The van der Waals surface area contributed by atoms with Gasteiger partial charge in [-0.2, -0.15) is 0 Å². The predicted octanol–water partition coefficient (Wildman–Crippen LogP) is 2.93. The van der Waals surface area contributed by atoms with Gasteiger partial charge in [-0.15, -0.1) is 0 Å². The summed E-state index contributed by atoms with van der Waals surface area (Å²) in [5.74, 6) is 0.769. The van der Waals surface area contributed by atoms with Crippen molar-refractivity contribution in [3.05, 3.63) is 23.4 Å². The van der Waals surface area contributed by atoms with Gasteiger partial charge in [-0.25, -0.2) is 4.98 Å². The zero-order valence-electron chi connectivity index (χ0n) is 11.3. The molecule has 0 spiro atoms. The third-order valence-electron chi connectivity index (χ3n) is 2.45. The number of rotatable bonds is 8. The van der Waals surface area contributed by atoms with Gasteiger partial charge in [0.05, 0.1) is 6.61 Å². The van der Waals surface area contributed by atoms with Crippen LogP contribution in [0.3, 0.4) is 0 Å². The molecule has 1 heterocycles. The number of aryl methyl sites for hydroxylation is 1. The van der Waals surface area contributed by atoms with E-state index in [0.29, 0.717) is 0 Å². The van der Waals surface area contributed by atoms with Crippen LogP contribution in [0.5, 0.6) is 5.88 Å². The molecule has 1 N–H and O–H groups in total. The monoisotopic (exact) mass is 236 g/mol. The maximum atomic E-state index is 5.62. The van der Waals surface area contributed by atoms with Gasteiger partial charge in [-0.3, -0.25) is 0 Å². The molecule has 0 aliphatic carbocycles. The summed E-state index contributed by atoms with van der Waals surface area (Å²) < 4.78 is 5.62. The Morgan fingerprint density at radius 1 is 1.18 bits per heavy atom. The maximum absolute atomic E-state index is 5.62. The second-order valence-corrected chi connectivity index (χ2v) is 4.18. The second-order valence-electron chi connectivity index (χ2n) is 4.18. The van der Waals surface area contributed by atoms with Gasteiger partial charge >= 0.3 is 0 Å². The van der Waals surface area contributed by atoms with Gasteiger partial charge in [0.15, 0.2) is 0 Å². The summed E-state index contributed by atoms with van der Waals surface area (Å²) in [6.07, 6.45) is 3.15. The van der Waals surface area contributed by atoms with E-state index in [4.69, 9.17) is 4.74 Å². The van der Waals surface area contributed by atoms with Crippen LogP contribution in [0.25, 0.3) is 0 Å². The summed E-state index contributed by atoms with van der Waals surface area (Å²) in [7, 11) is 0. The van der Waals surface area contributed by atoms with E-state index in [2.05, 4.69) is 37.1 Å². The minimum absolute atomic E-state index is 0.739. The standard InChI is InChI=1S/C14H24N2O/c1-4-7-13-9-12(11-15-6-3)10-14(16-13)17-8-5-2/h9-10,15H,4-8,11H2,1-3H3. The number of ether oxygens (including phenoxy) is 1. The van der Waals surface area contributed by atoms with Crippen LogP contribution in [0, 0.1) is 0 Å². The highest BCUT2D eigenvalue weighted by Gasteiger charge is 2.03. The van der Waals surface area contributed by atoms with E-state index < -0.39 is 0 Å². The fourth-order valence-corrected chi connectivity index (χ4v) is 1.66. The highest BCUT2D eigenvalue weighted by Crippen LogP contribution is 2.14. The fourth-order valence-electron chi connectivity index (χ4n) is 1.66. The normalized spacial score (nSPS) is 10.5. The van der Waals surface area contributed by atoms with Crippen molar-refractivity contribution < 1.29 is 4.74 Å². The first kappa shape index (κ1) is 14.0. The molecular weight excluding hydrogens is 212 g/mol. The van der Waals surface area contributed by atoms with Gasteiger partial charge in [0.1, 0.15) is 0 Å². The Balaban J connectivity index is 2.76. The van der Waals surface area contributed by atoms with Crippen LogP contribution in [0.15, 0.2) is 12.1 Å². The first-order chi connectivity index (χ1) is 8.30. The van der Waals surface area contributed by atoms with E-state index in [0.717, 1.165) is 50.5 Å². The van der Waals surface area contributed by atoms with Crippen molar-refractivity contribution in [1.29, 1.82) is 0 Å². The highest BCUT2D eigenvalue weighted by molar-refractivity contribution is 5.25. The minimum atomic E-state index is 0.739. The number of aromatic nitrogens is 1. The molecule has 1 aromatic rings.